The summed E-state index contributed by atoms with van der Waals surface area (Å²) in [5.41, 5.74) is 4.09. The first-order valence-electron chi connectivity index (χ1n) is 7.55. The Labute approximate surface area is 141 Å². The van der Waals surface area contributed by atoms with Gasteiger partial charge < -0.3 is 0 Å². The third-order valence-corrected chi connectivity index (χ3v) is 6.63. The van der Waals surface area contributed by atoms with Gasteiger partial charge in [0.25, 0.3) is 0 Å². The van der Waals surface area contributed by atoms with Gasteiger partial charge in [0, 0.05) is 29.3 Å². The normalized spacial score (nSPS) is 27.5. The number of hydrogen-bond acceptors (Lipinski definition) is 3. The topological polar surface area (TPSA) is 29.4 Å². The smallest absolute Gasteiger partial charge is 0.161 e. The average Bonchev–Trinajstić information content (AvgIpc) is 2.89. The number of aliphatic imine (C=N–C) groups is 1. The minimum absolute atomic E-state index is 0.0275. The van der Waals surface area contributed by atoms with Crippen LogP contribution in [0.5, 0.6) is 0 Å². The van der Waals surface area contributed by atoms with Gasteiger partial charge in [0.1, 0.15) is 5.82 Å². The van der Waals surface area contributed by atoms with Gasteiger partial charge in [-0.1, -0.05) is 6.07 Å². The minimum Gasteiger partial charge on any atom is -0.294 e. The molecule has 1 aromatic carbocycles. The number of ketones is 1. The van der Waals surface area contributed by atoms with Crippen LogP contribution in [0.3, 0.4) is 0 Å². The molecule has 1 aromatic rings. The lowest BCUT2D eigenvalue weighted by atomic mass is 9.82. The summed E-state index contributed by atoms with van der Waals surface area (Å²) in [4.78, 5) is 17.2. The lowest BCUT2D eigenvalue weighted by Gasteiger charge is -2.35. The van der Waals surface area contributed by atoms with Crippen molar-refractivity contribution in [2.75, 3.05) is 5.75 Å². The molecule has 0 N–H and O–H groups in total. The van der Waals surface area contributed by atoms with E-state index >= 15 is 0 Å². The Morgan fingerprint density at radius 2 is 2.14 bits per heavy atom. The summed E-state index contributed by atoms with van der Waals surface area (Å²) in [6.07, 6.45) is 3.49. The number of nitrogens with zero attached hydrogens (tertiary/aromatic N) is 1. The summed E-state index contributed by atoms with van der Waals surface area (Å²) in [7, 11) is 0. The van der Waals surface area contributed by atoms with Crippen LogP contribution < -0.4 is 0 Å². The SMILES string of the molecule is O=C1CCC2=C1C(c1ccc(F)c(Br)c1)C1SCCCC1=N2. The molecule has 0 amide bonds. The number of benzene rings is 1. The zero-order chi connectivity index (χ0) is 15.3. The number of carbonyl (C=O) groups is 1. The Morgan fingerprint density at radius 3 is 2.95 bits per heavy atom. The first-order chi connectivity index (χ1) is 10.6. The Morgan fingerprint density at radius 1 is 1.27 bits per heavy atom. The molecule has 0 saturated carbocycles. The van der Waals surface area contributed by atoms with E-state index in [1.165, 1.54) is 11.8 Å². The predicted molar refractivity (Wildman–Crippen MR) is 91.0 cm³/mol. The number of allylic oxidation sites excluding steroid dienone is 2. The van der Waals surface area contributed by atoms with Gasteiger partial charge in [-0.05, 0) is 58.6 Å². The van der Waals surface area contributed by atoms with Gasteiger partial charge in [-0.25, -0.2) is 4.39 Å². The lowest BCUT2D eigenvalue weighted by Crippen LogP contribution is -2.34. The summed E-state index contributed by atoms with van der Waals surface area (Å²) in [6.45, 7) is 0. The van der Waals surface area contributed by atoms with E-state index in [-0.39, 0.29) is 22.8 Å². The van der Waals surface area contributed by atoms with E-state index in [1.807, 2.05) is 23.9 Å². The Bertz CT molecular complexity index is 727. The Balaban J connectivity index is 1.85. The van der Waals surface area contributed by atoms with Gasteiger partial charge in [-0.2, -0.15) is 11.8 Å². The average molecular weight is 380 g/mol. The fourth-order valence-electron chi connectivity index (χ4n) is 3.61. The highest BCUT2D eigenvalue weighted by atomic mass is 79.9. The highest BCUT2D eigenvalue weighted by Gasteiger charge is 2.42. The second-order valence-corrected chi connectivity index (χ2v) is 8.04. The zero-order valence-electron chi connectivity index (χ0n) is 11.9. The Kier molecular flexibility index (Phi) is 3.73. The van der Waals surface area contributed by atoms with E-state index in [9.17, 15) is 9.18 Å². The van der Waals surface area contributed by atoms with Crippen LogP contribution in [0.1, 0.15) is 37.2 Å². The quantitative estimate of drug-likeness (QED) is 0.711. The van der Waals surface area contributed by atoms with Crippen LogP contribution >= 0.6 is 27.7 Å². The summed E-state index contributed by atoms with van der Waals surface area (Å²) in [6, 6.07) is 5.13. The van der Waals surface area contributed by atoms with Crippen LogP contribution in [0, 0.1) is 5.82 Å². The predicted octanol–water partition coefficient (Wildman–Crippen LogP) is 4.64. The van der Waals surface area contributed by atoms with Gasteiger partial charge in [0.05, 0.1) is 9.72 Å². The number of hydrogen-bond donors (Lipinski definition) is 0. The van der Waals surface area contributed by atoms with Crippen molar-refractivity contribution in [3.63, 3.8) is 0 Å². The zero-order valence-corrected chi connectivity index (χ0v) is 14.3. The van der Waals surface area contributed by atoms with Crippen LogP contribution in [-0.4, -0.2) is 22.5 Å². The van der Waals surface area contributed by atoms with E-state index in [0.717, 1.165) is 41.8 Å². The number of carbonyl (C=O) groups excluding carboxylic acids is 1. The molecule has 0 bridgehead atoms. The number of fused-ring (bicyclic) bond motifs is 1. The third-order valence-electron chi connectivity index (χ3n) is 4.60. The second-order valence-electron chi connectivity index (χ2n) is 5.93. The molecule has 1 saturated heterocycles. The monoisotopic (exact) mass is 379 g/mol. The maximum atomic E-state index is 13.6. The van der Waals surface area contributed by atoms with Crippen LogP contribution in [0.2, 0.25) is 0 Å². The fourth-order valence-corrected chi connectivity index (χ4v) is 5.42. The molecule has 2 aliphatic heterocycles. The molecule has 0 spiro atoms. The lowest BCUT2D eigenvalue weighted by molar-refractivity contribution is -0.115. The first-order valence-corrected chi connectivity index (χ1v) is 9.39. The van der Waals surface area contributed by atoms with Crippen molar-refractivity contribution in [2.24, 2.45) is 4.99 Å². The molecular weight excluding hydrogens is 365 g/mol. The van der Waals surface area contributed by atoms with E-state index in [0.29, 0.717) is 10.9 Å². The maximum absolute atomic E-state index is 13.6. The number of Topliss-reactive ketones (excluding diaryl/α,β-unsaturated/α-hetero) is 1. The standard InChI is InChI=1S/C17H15BrFNOS/c18-10-8-9(3-4-11(10)19)15-16-12(5-6-14(16)21)20-13-2-1-7-22-17(13)15/h3-4,8,15,17H,1-2,5-7H2. The highest BCUT2D eigenvalue weighted by molar-refractivity contribution is 9.10. The van der Waals surface area contributed by atoms with E-state index in [4.69, 9.17) is 4.99 Å². The van der Waals surface area contributed by atoms with Crippen LogP contribution in [-0.2, 0) is 4.79 Å². The van der Waals surface area contributed by atoms with Crippen molar-refractivity contribution in [1.29, 1.82) is 0 Å². The molecule has 22 heavy (non-hydrogen) atoms. The van der Waals surface area contributed by atoms with E-state index < -0.39 is 0 Å². The second kappa shape index (κ2) is 5.60. The molecule has 3 aliphatic rings. The summed E-state index contributed by atoms with van der Waals surface area (Å²) >= 11 is 5.16. The molecule has 2 unspecified atom stereocenters. The largest absolute Gasteiger partial charge is 0.294 e. The van der Waals surface area contributed by atoms with Gasteiger partial charge in [-0.3, -0.25) is 9.79 Å². The van der Waals surface area contributed by atoms with Crippen LogP contribution in [0.15, 0.2) is 38.9 Å². The molecule has 1 aliphatic carbocycles. The molecule has 2 nitrogen and oxygen atoms in total. The summed E-state index contributed by atoms with van der Waals surface area (Å²) in [5, 5.41) is 0.229. The number of rotatable bonds is 1. The van der Waals surface area contributed by atoms with Crippen LogP contribution in [0.25, 0.3) is 0 Å². The summed E-state index contributed by atoms with van der Waals surface area (Å²) in [5.74, 6) is 1.07. The van der Waals surface area contributed by atoms with Crippen molar-refractivity contribution in [3.05, 3.63) is 45.3 Å². The molecule has 2 heterocycles. The number of halogens is 2. The van der Waals surface area contributed by atoms with Crippen molar-refractivity contribution in [2.45, 2.75) is 36.9 Å². The highest BCUT2D eigenvalue weighted by Crippen LogP contribution is 2.47. The van der Waals surface area contributed by atoms with E-state index in [1.54, 1.807) is 0 Å². The third kappa shape index (κ3) is 2.29. The molecule has 5 heteroatoms. The molecule has 1 fully saturated rings. The first kappa shape index (κ1) is 14.6. The van der Waals surface area contributed by atoms with Crippen molar-refractivity contribution < 1.29 is 9.18 Å². The van der Waals surface area contributed by atoms with Crippen molar-refractivity contribution in [1.82, 2.24) is 0 Å². The van der Waals surface area contributed by atoms with Crippen molar-refractivity contribution in [3.8, 4) is 0 Å². The minimum atomic E-state index is -0.267. The molecule has 0 aromatic heterocycles. The van der Waals surface area contributed by atoms with Gasteiger partial charge in [0.15, 0.2) is 5.78 Å². The van der Waals surface area contributed by atoms with Gasteiger partial charge in [0.2, 0.25) is 0 Å². The molecule has 0 radical (unpaired) electrons. The molecule has 2 atom stereocenters. The van der Waals surface area contributed by atoms with Crippen molar-refractivity contribution >= 4 is 39.2 Å². The maximum Gasteiger partial charge on any atom is 0.161 e. The molecule has 114 valence electrons. The van der Waals surface area contributed by atoms with Crippen LogP contribution in [0.4, 0.5) is 4.39 Å². The molecular formula is C17H15BrFNOS. The van der Waals surface area contributed by atoms with Gasteiger partial charge >= 0.3 is 0 Å². The van der Waals surface area contributed by atoms with Gasteiger partial charge in [-0.15, -0.1) is 0 Å². The fraction of sp³-hybridized carbons (Fsp3) is 0.412. The number of thioether (sulfide) groups is 1. The van der Waals surface area contributed by atoms with E-state index in [2.05, 4.69) is 15.9 Å². The molecule has 4 rings (SSSR count). The summed E-state index contributed by atoms with van der Waals surface area (Å²) < 4.78 is 14.0. The Hall–Kier alpha value is -0.940.